The smallest absolute Gasteiger partial charge is 0.147 e. The molecule has 118 valence electrons. The lowest BCUT2D eigenvalue weighted by atomic mass is 10.1. The highest BCUT2D eigenvalue weighted by Gasteiger charge is 2.01. The van der Waals surface area contributed by atoms with E-state index in [0.29, 0.717) is 28.6 Å². The van der Waals surface area contributed by atoms with E-state index in [1.165, 1.54) is 0 Å². The first-order valence-corrected chi connectivity index (χ1v) is 7.72. The van der Waals surface area contributed by atoms with E-state index >= 15 is 0 Å². The monoisotopic (exact) mass is 335 g/mol. The van der Waals surface area contributed by atoms with Crippen molar-refractivity contribution in [3.63, 3.8) is 0 Å². The third kappa shape index (κ3) is 4.25. The molecule has 0 radical (unpaired) electrons. The molecule has 0 amide bonds. The number of benzene rings is 2. The van der Waals surface area contributed by atoms with Gasteiger partial charge in [-0.2, -0.15) is 5.26 Å². The molecule has 0 fully saturated rings. The van der Waals surface area contributed by atoms with Gasteiger partial charge in [0.2, 0.25) is 0 Å². The van der Waals surface area contributed by atoms with E-state index in [2.05, 4.69) is 16.4 Å². The fraction of sp³-hybridized carbons (Fsp3) is 0.0526. The molecule has 0 saturated heterocycles. The summed E-state index contributed by atoms with van der Waals surface area (Å²) in [6.45, 7) is 0.623. The largest absolute Gasteiger partial charge is 0.456 e. The second kappa shape index (κ2) is 7.49. The van der Waals surface area contributed by atoms with Crippen LogP contribution in [-0.4, -0.2) is 4.98 Å². The van der Waals surface area contributed by atoms with Crippen molar-refractivity contribution in [1.29, 1.82) is 5.26 Å². The highest BCUT2D eigenvalue weighted by atomic mass is 35.5. The van der Waals surface area contributed by atoms with Crippen LogP contribution in [0.2, 0.25) is 5.02 Å². The van der Waals surface area contributed by atoms with E-state index in [-0.39, 0.29) is 0 Å². The predicted molar refractivity (Wildman–Crippen MR) is 94.2 cm³/mol. The number of rotatable bonds is 5. The number of hydrogen-bond donors (Lipinski definition) is 1. The number of anilines is 1. The molecule has 0 aliphatic rings. The Morgan fingerprint density at radius 1 is 1.04 bits per heavy atom. The van der Waals surface area contributed by atoms with Crippen LogP contribution in [-0.2, 0) is 6.54 Å². The molecule has 0 aliphatic carbocycles. The Hall–Kier alpha value is -3.03. The average molecular weight is 336 g/mol. The van der Waals surface area contributed by atoms with Crippen LogP contribution in [0.1, 0.15) is 11.1 Å². The van der Waals surface area contributed by atoms with Crippen LogP contribution < -0.4 is 10.1 Å². The summed E-state index contributed by atoms with van der Waals surface area (Å²) in [6.07, 6.45) is 3.17. The van der Waals surface area contributed by atoms with Crippen molar-refractivity contribution in [3.05, 3.63) is 83.1 Å². The van der Waals surface area contributed by atoms with Crippen LogP contribution in [0, 0.1) is 11.3 Å². The van der Waals surface area contributed by atoms with Crippen LogP contribution >= 0.6 is 11.6 Å². The van der Waals surface area contributed by atoms with Crippen molar-refractivity contribution in [3.8, 4) is 17.6 Å². The van der Waals surface area contributed by atoms with Crippen LogP contribution in [0.4, 0.5) is 5.69 Å². The SMILES string of the molecule is N#Cc1cccc(CNc2cccc(Oc3cncc(Cl)c3)c2)c1. The Balaban J connectivity index is 1.68. The summed E-state index contributed by atoms with van der Waals surface area (Å²) in [7, 11) is 0. The minimum absolute atomic E-state index is 0.527. The topological polar surface area (TPSA) is 57.9 Å². The summed E-state index contributed by atoms with van der Waals surface area (Å²) in [5.74, 6) is 1.27. The van der Waals surface area contributed by atoms with Crippen LogP contribution in [0.15, 0.2) is 67.0 Å². The van der Waals surface area contributed by atoms with E-state index in [4.69, 9.17) is 21.6 Å². The van der Waals surface area contributed by atoms with Gasteiger partial charge in [-0.1, -0.05) is 29.8 Å². The molecule has 0 atom stereocenters. The van der Waals surface area contributed by atoms with E-state index in [1.807, 2.05) is 42.5 Å². The second-order valence-corrected chi connectivity index (χ2v) is 5.57. The normalized spacial score (nSPS) is 10.0. The Morgan fingerprint density at radius 2 is 1.92 bits per heavy atom. The van der Waals surface area contributed by atoms with Crippen LogP contribution in [0.5, 0.6) is 11.5 Å². The zero-order valence-corrected chi connectivity index (χ0v) is 13.5. The van der Waals surface area contributed by atoms with Gasteiger partial charge in [-0.3, -0.25) is 4.98 Å². The van der Waals surface area contributed by atoms with Crippen LogP contribution in [0.25, 0.3) is 0 Å². The minimum Gasteiger partial charge on any atom is -0.456 e. The van der Waals surface area contributed by atoms with Crippen molar-refractivity contribution in [2.75, 3.05) is 5.32 Å². The van der Waals surface area contributed by atoms with Gasteiger partial charge in [0.1, 0.15) is 11.5 Å². The maximum atomic E-state index is 8.94. The minimum atomic E-state index is 0.527. The third-order valence-corrected chi connectivity index (χ3v) is 3.51. The predicted octanol–water partition coefficient (Wildman–Crippen LogP) is 5.01. The molecule has 0 spiro atoms. The molecule has 5 heteroatoms. The fourth-order valence-corrected chi connectivity index (χ4v) is 2.37. The first-order chi connectivity index (χ1) is 11.7. The fourth-order valence-electron chi connectivity index (χ4n) is 2.21. The summed E-state index contributed by atoms with van der Waals surface area (Å²) in [5.41, 5.74) is 2.61. The number of nitriles is 1. The molecule has 3 aromatic rings. The summed E-state index contributed by atoms with van der Waals surface area (Å²) < 4.78 is 5.76. The zero-order valence-electron chi connectivity index (χ0n) is 12.7. The van der Waals surface area contributed by atoms with Gasteiger partial charge >= 0.3 is 0 Å². The molecule has 1 aromatic heterocycles. The average Bonchev–Trinajstić information content (AvgIpc) is 2.60. The van der Waals surface area contributed by atoms with E-state index in [9.17, 15) is 0 Å². The van der Waals surface area contributed by atoms with Crippen molar-refractivity contribution in [2.24, 2.45) is 0 Å². The molecule has 0 aliphatic heterocycles. The Bertz CT molecular complexity index is 890. The summed E-state index contributed by atoms with van der Waals surface area (Å²) >= 11 is 5.91. The molecule has 1 heterocycles. The Kier molecular flexibility index (Phi) is 4.95. The van der Waals surface area contributed by atoms with Crippen molar-refractivity contribution in [2.45, 2.75) is 6.54 Å². The summed E-state index contributed by atoms with van der Waals surface area (Å²) in [6, 6.07) is 19.0. The number of aromatic nitrogens is 1. The molecule has 24 heavy (non-hydrogen) atoms. The second-order valence-electron chi connectivity index (χ2n) is 5.13. The molecular weight excluding hydrogens is 322 g/mol. The van der Waals surface area contributed by atoms with Gasteiger partial charge in [0.05, 0.1) is 22.9 Å². The first-order valence-electron chi connectivity index (χ1n) is 7.34. The quantitative estimate of drug-likeness (QED) is 0.712. The molecule has 3 rings (SSSR count). The molecule has 0 bridgehead atoms. The first kappa shape index (κ1) is 15.9. The number of nitrogens with one attached hydrogen (secondary N) is 1. The Morgan fingerprint density at radius 3 is 2.75 bits per heavy atom. The number of halogens is 1. The van der Waals surface area contributed by atoms with Crippen molar-refractivity contribution >= 4 is 17.3 Å². The standard InChI is InChI=1S/C19H14ClN3O/c20-16-8-19(13-22-12-16)24-18-6-2-5-17(9-18)23-11-15-4-1-3-14(7-15)10-21/h1-9,12-13,23H,11H2. The summed E-state index contributed by atoms with van der Waals surface area (Å²) in [4.78, 5) is 4.00. The number of hydrogen-bond acceptors (Lipinski definition) is 4. The highest BCUT2D eigenvalue weighted by Crippen LogP contribution is 2.25. The zero-order chi connectivity index (χ0) is 16.8. The third-order valence-electron chi connectivity index (χ3n) is 3.30. The van der Waals surface area contributed by atoms with Gasteiger partial charge in [-0.15, -0.1) is 0 Å². The number of nitrogens with zero attached hydrogens (tertiary/aromatic N) is 2. The summed E-state index contributed by atoms with van der Waals surface area (Å²) in [5, 5.41) is 12.8. The number of pyridine rings is 1. The van der Waals surface area contributed by atoms with Crippen LogP contribution in [0.3, 0.4) is 0 Å². The Labute approximate surface area is 145 Å². The molecule has 1 N–H and O–H groups in total. The number of ether oxygens (including phenoxy) is 1. The lowest BCUT2D eigenvalue weighted by molar-refractivity contribution is 0.480. The molecule has 2 aromatic carbocycles. The highest BCUT2D eigenvalue weighted by molar-refractivity contribution is 6.30. The van der Waals surface area contributed by atoms with Crippen molar-refractivity contribution in [1.82, 2.24) is 4.98 Å². The van der Waals surface area contributed by atoms with E-state index in [0.717, 1.165) is 11.3 Å². The van der Waals surface area contributed by atoms with Crippen molar-refractivity contribution < 1.29 is 4.74 Å². The molecule has 4 nitrogen and oxygen atoms in total. The van der Waals surface area contributed by atoms with Gasteiger partial charge in [-0.25, -0.2) is 0 Å². The lowest BCUT2D eigenvalue weighted by Crippen LogP contribution is -1.99. The van der Waals surface area contributed by atoms with Gasteiger partial charge in [-0.05, 0) is 29.8 Å². The molecule has 0 saturated carbocycles. The van der Waals surface area contributed by atoms with E-state index < -0.39 is 0 Å². The maximum Gasteiger partial charge on any atom is 0.147 e. The maximum absolute atomic E-state index is 8.94. The van der Waals surface area contributed by atoms with Gasteiger partial charge in [0.15, 0.2) is 0 Å². The van der Waals surface area contributed by atoms with Gasteiger partial charge in [0.25, 0.3) is 0 Å². The van der Waals surface area contributed by atoms with Gasteiger partial charge in [0, 0.05) is 30.6 Å². The van der Waals surface area contributed by atoms with E-state index in [1.54, 1.807) is 24.5 Å². The lowest BCUT2D eigenvalue weighted by Gasteiger charge is -2.10. The van der Waals surface area contributed by atoms with Gasteiger partial charge < -0.3 is 10.1 Å². The molecule has 0 unspecified atom stereocenters. The molecular formula is C19H14ClN3O.